The van der Waals surface area contributed by atoms with Gasteiger partial charge in [-0.2, -0.15) is 0 Å². The van der Waals surface area contributed by atoms with Crippen molar-refractivity contribution in [2.45, 2.75) is 51.5 Å². The molecule has 0 aromatic heterocycles. The van der Waals surface area contributed by atoms with Gasteiger partial charge >= 0.3 is 0 Å². The van der Waals surface area contributed by atoms with Crippen LogP contribution in [0, 0.1) is 5.41 Å². The predicted octanol–water partition coefficient (Wildman–Crippen LogP) is 1.92. The van der Waals surface area contributed by atoms with Crippen molar-refractivity contribution in [3.05, 3.63) is 0 Å². The van der Waals surface area contributed by atoms with Crippen molar-refractivity contribution < 1.29 is 0 Å². The van der Waals surface area contributed by atoms with Crippen molar-refractivity contribution in [1.82, 2.24) is 9.80 Å². The van der Waals surface area contributed by atoms with E-state index in [1.165, 1.54) is 64.7 Å². The molecule has 0 radical (unpaired) electrons. The number of likely N-dealkylation sites (tertiary alicyclic amines) is 1. The first kappa shape index (κ1) is 14.3. The van der Waals surface area contributed by atoms with Gasteiger partial charge < -0.3 is 15.5 Å². The fraction of sp³-hybridized carbons (Fsp3) is 1.00. The Morgan fingerprint density at radius 2 is 1.94 bits per heavy atom. The van der Waals surface area contributed by atoms with Crippen molar-refractivity contribution >= 4 is 0 Å². The fourth-order valence-electron chi connectivity index (χ4n) is 3.51. The zero-order valence-corrected chi connectivity index (χ0v) is 12.3. The Bertz CT molecular complexity index is 237. The second-order valence-electron chi connectivity index (χ2n) is 6.45. The molecular formula is C15H31N3. The van der Waals surface area contributed by atoms with E-state index in [1.54, 1.807) is 0 Å². The molecule has 0 aromatic carbocycles. The molecule has 3 heteroatoms. The molecule has 2 N–H and O–H groups in total. The zero-order valence-electron chi connectivity index (χ0n) is 12.3. The number of hydrogen-bond donors (Lipinski definition) is 1. The number of rotatable bonds is 6. The van der Waals surface area contributed by atoms with Crippen molar-refractivity contribution in [2.24, 2.45) is 11.1 Å². The van der Waals surface area contributed by atoms with Crippen LogP contribution >= 0.6 is 0 Å². The molecule has 1 aliphatic carbocycles. The Kier molecular flexibility index (Phi) is 5.05. The molecule has 0 amide bonds. The van der Waals surface area contributed by atoms with Crippen LogP contribution in [0.3, 0.4) is 0 Å². The maximum absolute atomic E-state index is 5.94. The Morgan fingerprint density at radius 1 is 1.28 bits per heavy atom. The van der Waals surface area contributed by atoms with Crippen LogP contribution in [0.4, 0.5) is 0 Å². The van der Waals surface area contributed by atoms with Gasteiger partial charge in [-0.15, -0.1) is 0 Å². The number of nitrogens with zero attached hydrogens (tertiary/aromatic N) is 2. The third kappa shape index (κ3) is 3.25. The van der Waals surface area contributed by atoms with Crippen LogP contribution in [0.5, 0.6) is 0 Å². The summed E-state index contributed by atoms with van der Waals surface area (Å²) in [6.07, 6.45) is 8.14. The zero-order chi connectivity index (χ0) is 13.0. The topological polar surface area (TPSA) is 32.5 Å². The van der Waals surface area contributed by atoms with E-state index in [1.807, 2.05) is 0 Å². The normalized spacial score (nSPS) is 25.3. The molecule has 0 bridgehead atoms. The van der Waals surface area contributed by atoms with Gasteiger partial charge in [0, 0.05) is 6.04 Å². The SMILES string of the molecule is CCN1CCC(N(C)CCC2(CN)CCC2)CC1. The van der Waals surface area contributed by atoms with Gasteiger partial charge in [0.05, 0.1) is 0 Å². The minimum Gasteiger partial charge on any atom is -0.330 e. The first-order chi connectivity index (χ1) is 8.69. The summed E-state index contributed by atoms with van der Waals surface area (Å²) in [5.41, 5.74) is 6.46. The summed E-state index contributed by atoms with van der Waals surface area (Å²) in [7, 11) is 2.31. The standard InChI is InChI=1S/C15H31N3/c1-3-18-10-5-14(6-11-18)17(2)12-9-15(13-16)7-4-8-15/h14H,3-13,16H2,1-2H3. The molecule has 1 saturated carbocycles. The molecule has 1 heterocycles. The summed E-state index contributed by atoms with van der Waals surface area (Å²) in [6.45, 7) is 8.20. The predicted molar refractivity (Wildman–Crippen MR) is 77.7 cm³/mol. The van der Waals surface area contributed by atoms with Crippen LogP contribution in [0.25, 0.3) is 0 Å². The van der Waals surface area contributed by atoms with E-state index in [2.05, 4.69) is 23.8 Å². The number of piperidine rings is 1. The minimum absolute atomic E-state index is 0.512. The summed E-state index contributed by atoms with van der Waals surface area (Å²) in [5, 5.41) is 0. The van der Waals surface area contributed by atoms with E-state index in [9.17, 15) is 0 Å². The fourth-order valence-corrected chi connectivity index (χ4v) is 3.51. The Labute approximate surface area is 113 Å². The Morgan fingerprint density at radius 3 is 2.39 bits per heavy atom. The third-order valence-corrected chi connectivity index (χ3v) is 5.47. The average Bonchev–Trinajstić information content (AvgIpc) is 2.38. The third-order valence-electron chi connectivity index (χ3n) is 5.47. The minimum atomic E-state index is 0.512. The van der Waals surface area contributed by atoms with Crippen LogP contribution < -0.4 is 5.73 Å². The smallest absolute Gasteiger partial charge is 0.0117 e. The molecule has 18 heavy (non-hydrogen) atoms. The van der Waals surface area contributed by atoms with Crippen molar-refractivity contribution in [3.8, 4) is 0 Å². The van der Waals surface area contributed by atoms with Gasteiger partial charge in [-0.3, -0.25) is 0 Å². The molecule has 2 rings (SSSR count). The van der Waals surface area contributed by atoms with Crippen LogP contribution in [0.15, 0.2) is 0 Å². The second-order valence-corrected chi connectivity index (χ2v) is 6.45. The molecule has 106 valence electrons. The van der Waals surface area contributed by atoms with Crippen molar-refractivity contribution in [2.75, 3.05) is 39.8 Å². The molecule has 0 aromatic rings. The summed E-state index contributed by atoms with van der Waals surface area (Å²) in [5.74, 6) is 0. The van der Waals surface area contributed by atoms with E-state index in [0.29, 0.717) is 5.41 Å². The van der Waals surface area contributed by atoms with Crippen molar-refractivity contribution in [1.29, 1.82) is 0 Å². The molecule has 0 atom stereocenters. The summed E-state index contributed by atoms with van der Waals surface area (Å²) in [4.78, 5) is 5.17. The molecule has 1 aliphatic heterocycles. The Balaban J connectivity index is 1.70. The molecular weight excluding hydrogens is 222 g/mol. The first-order valence-electron chi connectivity index (χ1n) is 7.82. The lowest BCUT2D eigenvalue weighted by molar-refractivity contribution is 0.0820. The van der Waals surface area contributed by atoms with Crippen LogP contribution in [0.1, 0.15) is 45.4 Å². The molecule has 0 spiro atoms. The summed E-state index contributed by atoms with van der Waals surface area (Å²) >= 11 is 0. The van der Waals surface area contributed by atoms with Crippen LogP contribution in [-0.2, 0) is 0 Å². The number of nitrogens with two attached hydrogens (primary N) is 1. The van der Waals surface area contributed by atoms with E-state index in [0.717, 1.165) is 12.6 Å². The quantitative estimate of drug-likeness (QED) is 0.785. The van der Waals surface area contributed by atoms with E-state index >= 15 is 0 Å². The molecule has 2 aliphatic rings. The van der Waals surface area contributed by atoms with Gasteiger partial charge in [-0.05, 0) is 77.3 Å². The van der Waals surface area contributed by atoms with Gasteiger partial charge in [-0.1, -0.05) is 13.3 Å². The van der Waals surface area contributed by atoms with Gasteiger partial charge in [0.2, 0.25) is 0 Å². The summed E-state index contributed by atoms with van der Waals surface area (Å²) in [6, 6.07) is 0.808. The van der Waals surface area contributed by atoms with Gasteiger partial charge in [0.15, 0.2) is 0 Å². The molecule has 0 unspecified atom stereocenters. The lowest BCUT2D eigenvalue weighted by Gasteiger charge is -2.43. The highest BCUT2D eigenvalue weighted by Crippen LogP contribution is 2.43. The van der Waals surface area contributed by atoms with Crippen LogP contribution in [-0.4, -0.2) is 55.6 Å². The largest absolute Gasteiger partial charge is 0.330 e. The van der Waals surface area contributed by atoms with Gasteiger partial charge in [0.1, 0.15) is 0 Å². The maximum atomic E-state index is 5.94. The van der Waals surface area contributed by atoms with E-state index < -0.39 is 0 Å². The highest BCUT2D eigenvalue weighted by molar-refractivity contribution is 4.89. The van der Waals surface area contributed by atoms with Crippen molar-refractivity contribution in [3.63, 3.8) is 0 Å². The lowest BCUT2D eigenvalue weighted by Crippen LogP contribution is -2.46. The number of hydrogen-bond acceptors (Lipinski definition) is 3. The van der Waals surface area contributed by atoms with Gasteiger partial charge in [-0.25, -0.2) is 0 Å². The van der Waals surface area contributed by atoms with Gasteiger partial charge in [0.25, 0.3) is 0 Å². The summed E-state index contributed by atoms with van der Waals surface area (Å²) < 4.78 is 0. The average molecular weight is 253 g/mol. The highest BCUT2D eigenvalue weighted by Gasteiger charge is 2.35. The second kappa shape index (κ2) is 6.36. The van der Waals surface area contributed by atoms with Crippen LogP contribution in [0.2, 0.25) is 0 Å². The molecule has 2 fully saturated rings. The Hall–Kier alpha value is -0.120. The molecule has 1 saturated heterocycles. The monoisotopic (exact) mass is 253 g/mol. The maximum Gasteiger partial charge on any atom is 0.0117 e. The molecule has 3 nitrogen and oxygen atoms in total. The highest BCUT2D eigenvalue weighted by atomic mass is 15.2. The van der Waals surface area contributed by atoms with E-state index in [4.69, 9.17) is 5.73 Å². The van der Waals surface area contributed by atoms with E-state index in [-0.39, 0.29) is 0 Å². The first-order valence-corrected chi connectivity index (χ1v) is 7.82. The lowest BCUT2D eigenvalue weighted by atomic mass is 9.66.